The van der Waals surface area contributed by atoms with Gasteiger partial charge < -0.3 is 5.32 Å². The first-order valence-electron chi connectivity index (χ1n) is 8.47. The lowest BCUT2D eigenvalue weighted by molar-refractivity contribution is 0.102. The molecule has 4 nitrogen and oxygen atoms in total. The zero-order valence-electron chi connectivity index (χ0n) is 14.3. The molecule has 0 radical (unpaired) electrons. The second-order valence-electron chi connectivity index (χ2n) is 6.02. The summed E-state index contributed by atoms with van der Waals surface area (Å²) in [5.41, 5.74) is 4.08. The zero-order chi connectivity index (χ0) is 18.6. The van der Waals surface area contributed by atoms with Crippen LogP contribution in [0.1, 0.15) is 10.4 Å². The summed E-state index contributed by atoms with van der Waals surface area (Å²) in [5.74, 6) is -0.145. The van der Waals surface area contributed by atoms with E-state index in [1.807, 2.05) is 72.9 Å². The lowest BCUT2D eigenvalue weighted by atomic mass is 10.1. The van der Waals surface area contributed by atoms with Crippen LogP contribution < -0.4 is 5.32 Å². The van der Waals surface area contributed by atoms with E-state index >= 15 is 0 Å². The van der Waals surface area contributed by atoms with Crippen LogP contribution in [-0.2, 0) is 0 Å². The highest BCUT2D eigenvalue weighted by Crippen LogP contribution is 2.28. The molecule has 3 aromatic carbocycles. The topological polar surface area (TPSA) is 46.9 Å². The molecule has 1 aromatic heterocycles. The molecular weight excluding hydrogens is 358 g/mol. The molecule has 132 valence electrons. The van der Waals surface area contributed by atoms with Crippen LogP contribution in [0.5, 0.6) is 0 Å². The quantitative estimate of drug-likeness (QED) is 0.517. The Morgan fingerprint density at radius 2 is 1.59 bits per heavy atom. The molecule has 1 heterocycles. The summed E-state index contributed by atoms with van der Waals surface area (Å²) < 4.78 is 1.78. The molecule has 1 amide bonds. The number of nitrogens with zero attached hydrogens (tertiary/aromatic N) is 2. The summed E-state index contributed by atoms with van der Waals surface area (Å²) in [6.07, 6.45) is 3.71. The van der Waals surface area contributed by atoms with E-state index < -0.39 is 0 Å². The smallest absolute Gasteiger partial charge is 0.255 e. The van der Waals surface area contributed by atoms with Gasteiger partial charge in [-0.05, 0) is 42.5 Å². The molecule has 5 heteroatoms. The Hall–Kier alpha value is -3.37. The molecule has 0 aliphatic carbocycles. The van der Waals surface area contributed by atoms with Crippen molar-refractivity contribution in [2.75, 3.05) is 5.32 Å². The summed E-state index contributed by atoms with van der Waals surface area (Å²) in [5, 5.41) is 8.10. The largest absolute Gasteiger partial charge is 0.321 e. The number of anilines is 1. The van der Waals surface area contributed by atoms with Crippen LogP contribution in [0.2, 0.25) is 5.02 Å². The molecule has 0 fully saturated rings. The molecule has 0 spiro atoms. The number of para-hydroxylation sites is 1. The normalized spacial score (nSPS) is 10.6. The van der Waals surface area contributed by atoms with Crippen LogP contribution in [0.15, 0.2) is 91.3 Å². The van der Waals surface area contributed by atoms with Crippen molar-refractivity contribution in [3.8, 4) is 16.8 Å². The third-order valence-corrected chi connectivity index (χ3v) is 4.45. The van der Waals surface area contributed by atoms with E-state index in [2.05, 4.69) is 10.4 Å². The van der Waals surface area contributed by atoms with Gasteiger partial charge in [0.15, 0.2) is 0 Å². The number of aromatic nitrogens is 2. The monoisotopic (exact) mass is 373 g/mol. The molecule has 0 saturated carbocycles. The molecule has 4 aromatic rings. The van der Waals surface area contributed by atoms with Crippen LogP contribution in [0.25, 0.3) is 16.8 Å². The number of benzene rings is 3. The van der Waals surface area contributed by atoms with E-state index in [1.165, 1.54) is 0 Å². The number of halogens is 1. The highest BCUT2D eigenvalue weighted by Gasteiger charge is 2.11. The van der Waals surface area contributed by atoms with Gasteiger partial charge in [-0.1, -0.05) is 48.0 Å². The number of amides is 1. The van der Waals surface area contributed by atoms with Gasteiger partial charge in [-0.3, -0.25) is 4.79 Å². The van der Waals surface area contributed by atoms with E-state index in [4.69, 9.17) is 11.6 Å². The van der Waals surface area contributed by atoms with Gasteiger partial charge in [0, 0.05) is 33.6 Å². The van der Waals surface area contributed by atoms with Crippen molar-refractivity contribution in [3.63, 3.8) is 0 Å². The Morgan fingerprint density at radius 3 is 2.37 bits per heavy atom. The minimum atomic E-state index is -0.145. The summed E-state index contributed by atoms with van der Waals surface area (Å²) >= 11 is 5.95. The van der Waals surface area contributed by atoms with Crippen LogP contribution in [0.3, 0.4) is 0 Å². The van der Waals surface area contributed by atoms with Crippen molar-refractivity contribution < 1.29 is 4.79 Å². The van der Waals surface area contributed by atoms with Gasteiger partial charge in [0.2, 0.25) is 0 Å². The van der Waals surface area contributed by atoms with E-state index in [0.29, 0.717) is 10.6 Å². The fourth-order valence-electron chi connectivity index (χ4n) is 2.82. The first-order chi connectivity index (χ1) is 13.2. The van der Waals surface area contributed by atoms with Crippen molar-refractivity contribution in [1.29, 1.82) is 0 Å². The molecule has 0 unspecified atom stereocenters. The summed E-state index contributed by atoms with van der Waals surface area (Å²) in [6, 6.07) is 24.3. The van der Waals surface area contributed by atoms with Crippen molar-refractivity contribution in [2.45, 2.75) is 0 Å². The molecular formula is C22H16ClN3O. The van der Waals surface area contributed by atoms with E-state index in [1.54, 1.807) is 23.0 Å². The standard InChI is InChI=1S/C22H16ClN3O/c23-18-10-12-19(13-11-18)26-15-17(14-24-26)20-8-4-5-9-21(20)25-22(27)16-6-2-1-3-7-16/h1-15H,(H,25,27). The van der Waals surface area contributed by atoms with Crippen molar-refractivity contribution in [2.24, 2.45) is 0 Å². The molecule has 0 saturated heterocycles. The predicted octanol–water partition coefficient (Wildman–Crippen LogP) is 5.45. The SMILES string of the molecule is O=C(Nc1ccccc1-c1cnn(-c2ccc(Cl)cc2)c1)c1ccccc1. The summed E-state index contributed by atoms with van der Waals surface area (Å²) in [7, 11) is 0. The van der Waals surface area contributed by atoms with E-state index in [-0.39, 0.29) is 5.91 Å². The van der Waals surface area contributed by atoms with Crippen LogP contribution in [0, 0.1) is 0 Å². The minimum absolute atomic E-state index is 0.145. The van der Waals surface area contributed by atoms with E-state index in [0.717, 1.165) is 22.5 Å². The van der Waals surface area contributed by atoms with Gasteiger partial charge in [-0.25, -0.2) is 4.68 Å². The Bertz CT molecular complexity index is 1070. The fraction of sp³-hybridized carbons (Fsp3) is 0. The summed E-state index contributed by atoms with van der Waals surface area (Å²) in [6.45, 7) is 0. The highest BCUT2D eigenvalue weighted by molar-refractivity contribution is 6.30. The first kappa shape index (κ1) is 17.1. The number of rotatable bonds is 4. The lowest BCUT2D eigenvalue weighted by Crippen LogP contribution is -2.12. The predicted molar refractivity (Wildman–Crippen MR) is 108 cm³/mol. The average molecular weight is 374 g/mol. The molecule has 27 heavy (non-hydrogen) atoms. The Morgan fingerprint density at radius 1 is 0.889 bits per heavy atom. The second kappa shape index (κ2) is 7.48. The number of carbonyl (C=O) groups is 1. The molecule has 1 N–H and O–H groups in total. The number of hydrogen-bond acceptors (Lipinski definition) is 2. The van der Waals surface area contributed by atoms with Crippen molar-refractivity contribution >= 4 is 23.2 Å². The number of hydrogen-bond donors (Lipinski definition) is 1. The van der Waals surface area contributed by atoms with Crippen molar-refractivity contribution in [1.82, 2.24) is 9.78 Å². The van der Waals surface area contributed by atoms with Crippen molar-refractivity contribution in [3.05, 3.63) is 102 Å². The number of carbonyl (C=O) groups excluding carboxylic acids is 1. The molecule has 0 atom stereocenters. The van der Waals surface area contributed by atoms with Gasteiger partial charge in [0.25, 0.3) is 5.91 Å². The Labute approximate surface area is 162 Å². The first-order valence-corrected chi connectivity index (χ1v) is 8.85. The maximum absolute atomic E-state index is 12.5. The van der Waals surface area contributed by atoms with Gasteiger partial charge >= 0.3 is 0 Å². The molecule has 0 aliphatic rings. The second-order valence-corrected chi connectivity index (χ2v) is 6.45. The van der Waals surface area contributed by atoms with Crippen LogP contribution in [-0.4, -0.2) is 15.7 Å². The number of nitrogens with one attached hydrogen (secondary N) is 1. The minimum Gasteiger partial charge on any atom is -0.321 e. The van der Waals surface area contributed by atoms with Gasteiger partial charge in [0.05, 0.1) is 11.9 Å². The summed E-state index contributed by atoms with van der Waals surface area (Å²) in [4.78, 5) is 12.5. The molecule has 0 bridgehead atoms. The van der Waals surface area contributed by atoms with Crippen LogP contribution >= 0.6 is 11.6 Å². The maximum Gasteiger partial charge on any atom is 0.255 e. The Balaban J connectivity index is 1.63. The van der Waals surface area contributed by atoms with Gasteiger partial charge in [-0.15, -0.1) is 0 Å². The maximum atomic E-state index is 12.5. The molecule has 0 aliphatic heterocycles. The highest BCUT2D eigenvalue weighted by atomic mass is 35.5. The van der Waals surface area contributed by atoms with Gasteiger partial charge in [-0.2, -0.15) is 5.10 Å². The fourth-order valence-corrected chi connectivity index (χ4v) is 2.95. The van der Waals surface area contributed by atoms with E-state index in [9.17, 15) is 4.79 Å². The third-order valence-electron chi connectivity index (χ3n) is 4.20. The lowest BCUT2D eigenvalue weighted by Gasteiger charge is -2.10. The zero-order valence-corrected chi connectivity index (χ0v) is 15.1. The third kappa shape index (κ3) is 3.76. The van der Waals surface area contributed by atoms with Gasteiger partial charge in [0.1, 0.15) is 0 Å². The average Bonchev–Trinajstić information content (AvgIpc) is 3.19. The molecule has 4 rings (SSSR count). The van der Waals surface area contributed by atoms with Crippen LogP contribution in [0.4, 0.5) is 5.69 Å². The Kier molecular flexibility index (Phi) is 4.73.